The maximum absolute atomic E-state index is 11.3. The Kier molecular flexibility index (Phi) is 5.44. The van der Waals surface area contributed by atoms with Crippen molar-refractivity contribution in [2.24, 2.45) is 5.73 Å². The molecule has 0 aromatic heterocycles. The van der Waals surface area contributed by atoms with Gasteiger partial charge in [-0.25, -0.2) is 12.7 Å². The molecule has 0 saturated carbocycles. The van der Waals surface area contributed by atoms with Crippen molar-refractivity contribution in [1.29, 1.82) is 0 Å². The Labute approximate surface area is 74.8 Å². The Balaban J connectivity index is 4.15. The topological polar surface area (TPSA) is 63.4 Å². The van der Waals surface area contributed by atoms with Gasteiger partial charge in [0.05, 0.1) is 5.75 Å². The zero-order chi connectivity index (χ0) is 9.61. The van der Waals surface area contributed by atoms with Crippen LogP contribution in [0, 0.1) is 0 Å². The normalized spacial score (nSPS) is 12.3. The minimum atomic E-state index is -3.00. The maximum atomic E-state index is 11.3. The monoisotopic (exact) mass is 194 g/mol. The zero-order valence-electron chi connectivity index (χ0n) is 7.78. The van der Waals surface area contributed by atoms with E-state index in [2.05, 4.69) is 0 Å². The van der Waals surface area contributed by atoms with Gasteiger partial charge < -0.3 is 5.73 Å². The van der Waals surface area contributed by atoms with Gasteiger partial charge in [-0.2, -0.15) is 0 Å². The summed E-state index contributed by atoms with van der Waals surface area (Å²) in [5, 5.41) is 0. The van der Waals surface area contributed by atoms with Gasteiger partial charge in [-0.15, -0.1) is 0 Å². The summed E-state index contributed by atoms with van der Waals surface area (Å²) in [7, 11) is -3.00. The number of hydrogen-bond acceptors (Lipinski definition) is 3. The van der Waals surface area contributed by atoms with Crippen molar-refractivity contribution < 1.29 is 8.42 Å². The van der Waals surface area contributed by atoms with Crippen LogP contribution in [0.3, 0.4) is 0 Å². The highest BCUT2D eigenvalue weighted by Crippen LogP contribution is 2.01. The molecule has 0 atom stereocenters. The molecule has 4 nitrogen and oxygen atoms in total. The van der Waals surface area contributed by atoms with Crippen molar-refractivity contribution in [3.05, 3.63) is 0 Å². The summed E-state index contributed by atoms with van der Waals surface area (Å²) in [6.45, 7) is 5.11. The second-order valence-corrected chi connectivity index (χ2v) is 4.79. The lowest BCUT2D eigenvalue weighted by atomic mass is 10.4. The number of rotatable bonds is 6. The summed E-state index contributed by atoms with van der Waals surface area (Å²) in [5.74, 6) is 0.172. The summed E-state index contributed by atoms with van der Waals surface area (Å²) < 4.78 is 24.1. The Bertz CT molecular complexity index is 201. The van der Waals surface area contributed by atoms with Gasteiger partial charge in [0.15, 0.2) is 0 Å². The fourth-order valence-electron chi connectivity index (χ4n) is 0.944. The van der Waals surface area contributed by atoms with Crippen LogP contribution in [-0.4, -0.2) is 38.1 Å². The molecule has 74 valence electrons. The largest absolute Gasteiger partial charge is 0.330 e. The second-order valence-electron chi connectivity index (χ2n) is 2.53. The van der Waals surface area contributed by atoms with Crippen molar-refractivity contribution in [1.82, 2.24) is 4.31 Å². The van der Waals surface area contributed by atoms with Crippen molar-refractivity contribution in [2.45, 2.75) is 20.3 Å². The van der Waals surface area contributed by atoms with Crippen LogP contribution >= 0.6 is 0 Å². The molecule has 0 aliphatic heterocycles. The van der Waals surface area contributed by atoms with Crippen LogP contribution in [0.25, 0.3) is 0 Å². The predicted molar refractivity (Wildman–Crippen MR) is 50.4 cm³/mol. The smallest absolute Gasteiger partial charge is 0.213 e. The fraction of sp³-hybridized carbons (Fsp3) is 1.00. The molecule has 0 radical (unpaired) electrons. The third-order valence-corrected chi connectivity index (χ3v) is 3.68. The maximum Gasteiger partial charge on any atom is 0.213 e. The van der Waals surface area contributed by atoms with Gasteiger partial charge in [0.1, 0.15) is 0 Å². The molecule has 0 bridgehead atoms. The molecule has 5 heteroatoms. The Morgan fingerprint density at radius 1 is 1.33 bits per heavy atom. The molecule has 0 heterocycles. The highest BCUT2D eigenvalue weighted by atomic mass is 32.2. The lowest BCUT2D eigenvalue weighted by Gasteiger charge is -2.18. The van der Waals surface area contributed by atoms with Crippen LogP contribution < -0.4 is 5.73 Å². The lowest BCUT2D eigenvalue weighted by Crippen LogP contribution is -2.33. The van der Waals surface area contributed by atoms with E-state index >= 15 is 0 Å². The van der Waals surface area contributed by atoms with E-state index in [1.54, 1.807) is 6.92 Å². The summed E-state index contributed by atoms with van der Waals surface area (Å²) in [6, 6.07) is 0. The van der Waals surface area contributed by atoms with Gasteiger partial charge in [0.25, 0.3) is 0 Å². The SMILES string of the molecule is CCN(CCCN)S(=O)(=O)CC. The van der Waals surface area contributed by atoms with Crippen LogP contribution in [0.15, 0.2) is 0 Å². The number of nitrogens with zero attached hydrogens (tertiary/aromatic N) is 1. The molecule has 0 rings (SSSR count). The second kappa shape index (κ2) is 5.50. The summed E-state index contributed by atoms with van der Waals surface area (Å²) in [4.78, 5) is 0. The highest BCUT2D eigenvalue weighted by Gasteiger charge is 2.16. The van der Waals surface area contributed by atoms with Crippen LogP contribution in [0.2, 0.25) is 0 Å². The first-order valence-corrected chi connectivity index (χ1v) is 5.87. The van der Waals surface area contributed by atoms with Gasteiger partial charge in [-0.1, -0.05) is 6.92 Å². The molecule has 0 aliphatic rings. The van der Waals surface area contributed by atoms with E-state index in [1.165, 1.54) is 4.31 Å². The van der Waals surface area contributed by atoms with E-state index in [0.29, 0.717) is 19.6 Å². The summed E-state index contributed by atoms with van der Waals surface area (Å²) in [5.41, 5.74) is 5.29. The molecule has 12 heavy (non-hydrogen) atoms. The molecule has 0 aromatic rings. The lowest BCUT2D eigenvalue weighted by molar-refractivity contribution is 0.424. The first-order valence-electron chi connectivity index (χ1n) is 4.26. The third kappa shape index (κ3) is 3.51. The van der Waals surface area contributed by atoms with E-state index in [1.807, 2.05) is 6.92 Å². The Morgan fingerprint density at radius 3 is 2.25 bits per heavy atom. The first-order chi connectivity index (χ1) is 5.58. The van der Waals surface area contributed by atoms with Gasteiger partial charge in [-0.3, -0.25) is 0 Å². The quantitative estimate of drug-likeness (QED) is 0.647. The van der Waals surface area contributed by atoms with E-state index in [9.17, 15) is 8.42 Å². The molecular formula is C7H18N2O2S. The molecule has 0 fully saturated rings. The molecule has 0 saturated heterocycles. The van der Waals surface area contributed by atoms with Gasteiger partial charge in [0, 0.05) is 13.1 Å². The van der Waals surface area contributed by atoms with Gasteiger partial charge in [0.2, 0.25) is 10.0 Å². The van der Waals surface area contributed by atoms with Gasteiger partial charge in [-0.05, 0) is 19.9 Å². The predicted octanol–water partition coefficient (Wildman–Crippen LogP) is 0.00680. The van der Waals surface area contributed by atoms with Crippen molar-refractivity contribution in [3.8, 4) is 0 Å². The minimum absolute atomic E-state index is 0.172. The zero-order valence-corrected chi connectivity index (χ0v) is 8.60. The molecule has 0 amide bonds. The molecule has 2 N–H and O–H groups in total. The van der Waals surface area contributed by atoms with Crippen LogP contribution in [0.1, 0.15) is 20.3 Å². The Morgan fingerprint density at radius 2 is 1.92 bits per heavy atom. The Hall–Kier alpha value is -0.130. The standard InChI is InChI=1S/C7H18N2O2S/c1-3-9(7-5-6-8)12(10,11)4-2/h3-8H2,1-2H3. The third-order valence-electron chi connectivity index (χ3n) is 1.72. The number of nitrogens with two attached hydrogens (primary N) is 1. The molecule has 0 spiro atoms. The van der Waals surface area contributed by atoms with Crippen LogP contribution in [0.4, 0.5) is 0 Å². The molecule has 0 aromatic carbocycles. The average Bonchev–Trinajstić information content (AvgIpc) is 2.05. The minimum Gasteiger partial charge on any atom is -0.330 e. The van der Waals surface area contributed by atoms with Crippen LogP contribution in [-0.2, 0) is 10.0 Å². The van der Waals surface area contributed by atoms with E-state index in [0.717, 1.165) is 6.42 Å². The average molecular weight is 194 g/mol. The van der Waals surface area contributed by atoms with Crippen molar-refractivity contribution >= 4 is 10.0 Å². The number of hydrogen-bond donors (Lipinski definition) is 1. The van der Waals surface area contributed by atoms with Crippen molar-refractivity contribution in [2.75, 3.05) is 25.4 Å². The highest BCUT2D eigenvalue weighted by molar-refractivity contribution is 7.89. The molecular weight excluding hydrogens is 176 g/mol. The van der Waals surface area contributed by atoms with E-state index < -0.39 is 10.0 Å². The first kappa shape index (κ1) is 11.9. The molecule has 0 aliphatic carbocycles. The van der Waals surface area contributed by atoms with E-state index in [4.69, 9.17) is 5.73 Å². The van der Waals surface area contributed by atoms with Gasteiger partial charge >= 0.3 is 0 Å². The van der Waals surface area contributed by atoms with Crippen molar-refractivity contribution in [3.63, 3.8) is 0 Å². The summed E-state index contributed by atoms with van der Waals surface area (Å²) in [6.07, 6.45) is 0.729. The number of sulfonamides is 1. The summed E-state index contributed by atoms with van der Waals surface area (Å²) >= 11 is 0. The fourth-order valence-corrected chi connectivity index (χ4v) is 2.11. The van der Waals surface area contributed by atoms with E-state index in [-0.39, 0.29) is 5.75 Å². The van der Waals surface area contributed by atoms with Crippen LogP contribution in [0.5, 0.6) is 0 Å². The molecule has 0 unspecified atom stereocenters.